The summed E-state index contributed by atoms with van der Waals surface area (Å²) in [6, 6.07) is 1.96. The van der Waals surface area contributed by atoms with E-state index in [1.54, 1.807) is 0 Å². The first kappa shape index (κ1) is 25.7. The van der Waals surface area contributed by atoms with Crippen LogP contribution in [0.1, 0.15) is 99.2 Å². The molecule has 2 fully saturated rings. The summed E-state index contributed by atoms with van der Waals surface area (Å²) in [6.07, 6.45) is 8.62. The number of hydrogen-bond donors (Lipinski definition) is 1. The van der Waals surface area contributed by atoms with Gasteiger partial charge in [0.25, 0.3) is 0 Å². The Bertz CT molecular complexity index is 937. The van der Waals surface area contributed by atoms with Crippen LogP contribution in [0.2, 0.25) is 0 Å². The molecule has 2 aliphatic rings. The molecule has 1 aromatic heterocycles. The molecule has 0 radical (unpaired) electrons. The van der Waals surface area contributed by atoms with E-state index in [1.807, 2.05) is 12.1 Å². The number of ether oxygens (including phenoxy) is 1. The Morgan fingerprint density at radius 1 is 1.06 bits per heavy atom. The third kappa shape index (κ3) is 7.04. The van der Waals surface area contributed by atoms with Gasteiger partial charge >= 0.3 is 5.97 Å². The predicted molar refractivity (Wildman–Crippen MR) is 134 cm³/mol. The fraction of sp³-hybridized carbons (Fsp3) is 0.643. The Balaban J connectivity index is 2.03. The number of hydrogen-bond acceptors (Lipinski definition) is 5. The molecule has 0 unspecified atom stereocenters. The highest BCUT2D eigenvalue weighted by molar-refractivity contribution is 7.14. The van der Waals surface area contributed by atoms with Crippen LogP contribution in [0.5, 0.6) is 0 Å². The SMILES string of the molecule is COC(=O)c1sc(C#CC(C)(C)C)cc1C(=CC(=O)C1CCC(C)CC1)C1CCC(O)CC1. The highest BCUT2D eigenvalue weighted by Gasteiger charge is 2.30. The minimum Gasteiger partial charge on any atom is -0.465 e. The van der Waals surface area contributed by atoms with Crippen LogP contribution in [-0.4, -0.2) is 30.1 Å². The molecule has 0 saturated heterocycles. The summed E-state index contributed by atoms with van der Waals surface area (Å²) in [7, 11) is 1.39. The summed E-state index contributed by atoms with van der Waals surface area (Å²) in [4.78, 5) is 27.4. The first-order valence-corrected chi connectivity index (χ1v) is 13.1. The van der Waals surface area contributed by atoms with E-state index in [4.69, 9.17) is 4.74 Å². The zero-order valence-electron chi connectivity index (χ0n) is 20.7. The van der Waals surface area contributed by atoms with E-state index in [-0.39, 0.29) is 35.1 Å². The average molecular weight is 471 g/mol. The molecule has 0 aliphatic heterocycles. The molecule has 0 atom stereocenters. The molecule has 0 bridgehead atoms. The molecule has 1 aromatic rings. The maximum Gasteiger partial charge on any atom is 0.348 e. The van der Waals surface area contributed by atoms with Crippen LogP contribution in [0.15, 0.2) is 12.1 Å². The second kappa shape index (κ2) is 11.0. The molecule has 2 aliphatic carbocycles. The van der Waals surface area contributed by atoms with Crippen molar-refractivity contribution in [2.45, 2.75) is 85.2 Å². The fourth-order valence-corrected chi connectivity index (χ4v) is 5.73. The standard InChI is InChI=1S/C28H38O4S/c1-18-6-8-20(9-7-18)25(30)17-23(19-10-12-21(29)13-11-19)24-16-22(14-15-28(2,3)4)33-26(24)27(31)32-5/h16-21,29H,6-13H2,1-5H3. The lowest BCUT2D eigenvalue weighted by molar-refractivity contribution is -0.119. The number of aliphatic hydroxyl groups excluding tert-OH is 1. The predicted octanol–water partition coefficient (Wildman–Crippen LogP) is 6.26. The third-order valence-corrected chi connectivity index (χ3v) is 7.86. The number of methoxy groups -OCH3 is 1. The number of aliphatic hydroxyl groups is 1. The molecule has 0 amide bonds. The van der Waals surface area contributed by atoms with E-state index in [2.05, 4.69) is 39.5 Å². The first-order valence-electron chi connectivity index (χ1n) is 12.3. The molecule has 1 N–H and O–H groups in total. The van der Waals surface area contributed by atoms with Crippen LogP contribution in [-0.2, 0) is 9.53 Å². The van der Waals surface area contributed by atoms with E-state index in [9.17, 15) is 14.7 Å². The van der Waals surface area contributed by atoms with Crippen molar-refractivity contribution in [2.75, 3.05) is 7.11 Å². The van der Waals surface area contributed by atoms with Crippen LogP contribution in [0, 0.1) is 35.0 Å². The molecule has 33 heavy (non-hydrogen) atoms. The van der Waals surface area contributed by atoms with Gasteiger partial charge in [0.1, 0.15) is 4.88 Å². The highest BCUT2D eigenvalue weighted by Crippen LogP contribution is 2.40. The van der Waals surface area contributed by atoms with Gasteiger partial charge in [0.05, 0.1) is 18.1 Å². The molecule has 180 valence electrons. The molecule has 3 rings (SSSR count). The van der Waals surface area contributed by atoms with Crippen molar-refractivity contribution in [3.8, 4) is 11.8 Å². The summed E-state index contributed by atoms with van der Waals surface area (Å²) in [5, 5.41) is 10.0. The van der Waals surface area contributed by atoms with Crippen LogP contribution < -0.4 is 0 Å². The highest BCUT2D eigenvalue weighted by atomic mass is 32.1. The molecular formula is C28H38O4S. The second-order valence-electron chi connectivity index (χ2n) is 10.8. The Morgan fingerprint density at radius 2 is 1.67 bits per heavy atom. The minimum absolute atomic E-state index is 0.0609. The maximum absolute atomic E-state index is 13.3. The van der Waals surface area contributed by atoms with Gasteiger partial charge in [-0.15, -0.1) is 11.3 Å². The van der Waals surface area contributed by atoms with Gasteiger partial charge in [-0.25, -0.2) is 4.79 Å². The van der Waals surface area contributed by atoms with Crippen LogP contribution >= 0.6 is 11.3 Å². The van der Waals surface area contributed by atoms with E-state index in [0.29, 0.717) is 23.6 Å². The summed E-state index contributed by atoms with van der Waals surface area (Å²) in [5.41, 5.74) is 1.55. The number of rotatable bonds is 5. The lowest BCUT2D eigenvalue weighted by Gasteiger charge is -2.29. The largest absolute Gasteiger partial charge is 0.465 e. The fourth-order valence-electron chi connectivity index (χ4n) is 4.78. The zero-order valence-corrected chi connectivity index (χ0v) is 21.5. The topological polar surface area (TPSA) is 63.6 Å². The quantitative estimate of drug-likeness (QED) is 0.313. The van der Waals surface area contributed by atoms with E-state index in [1.165, 1.54) is 18.4 Å². The summed E-state index contributed by atoms with van der Waals surface area (Å²) in [5.74, 6) is 7.13. The zero-order chi connectivity index (χ0) is 24.2. The molecule has 5 heteroatoms. The molecule has 2 saturated carbocycles. The number of esters is 1. The minimum atomic E-state index is -0.389. The molecule has 0 spiro atoms. The van der Waals surface area contributed by atoms with Gasteiger partial charge in [0, 0.05) is 16.9 Å². The normalized spacial score (nSPS) is 26.3. The number of ketones is 1. The van der Waals surface area contributed by atoms with Crippen LogP contribution in [0.3, 0.4) is 0 Å². The lowest BCUT2D eigenvalue weighted by Crippen LogP contribution is -2.22. The van der Waals surface area contributed by atoms with E-state index >= 15 is 0 Å². The van der Waals surface area contributed by atoms with Crippen molar-refractivity contribution in [2.24, 2.45) is 23.2 Å². The molecule has 0 aromatic carbocycles. The smallest absolute Gasteiger partial charge is 0.348 e. The van der Waals surface area contributed by atoms with Crippen molar-refractivity contribution in [3.05, 3.63) is 27.5 Å². The number of carbonyl (C=O) groups is 2. The Morgan fingerprint density at radius 3 is 2.24 bits per heavy atom. The first-order chi connectivity index (χ1) is 15.6. The molecule has 4 nitrogen and oxygen atoms in total. The Kier molecular flexibility index (Phi) is 8.59. The number of allylic oxidation sites excluding steroid dienone is 2. The van der Waals surface area contributed by atoms with Crippen molar-refractivity contribution >= 4 is 28.7 Å². The number of carbonyl (C=O) groups excluding carboxylic acids is 2. The van der Waals surface area contributed by atoms with E-state index in [0.717, 1.165) is 54.5 Å². The lowest BCUT2D eigenvalue weighted by atomic mass is 9.77. The van der Waals surface area contributed by atoms with Crippen LogP contribution in [0.25, 0.3) is 5.57 Å². The van der Waals surface area contributed by atoms with Crippen molar-refractivity contribution in [3.63, 3.8) is 0 Å². The van der Waals surface area contributed by atoms with Gasteiger partial charge in [0.2, 0.25) is 0 Å². The van der Waals surface area contributed by atoms with E-state index < -0.39 is 0 Å². The number of thiophene rings is 1. The summed E-state index contributed by atoms with van der Waals surface area (Å²) >= 11 is 1.34. The van der Waals surface area contributed by atoms with Gasteiger partial charge in [-0.2, -0.15) is 0 Å². The maximum atomic E-state index is 13.3. The van der Waals surface area contributed by atoms with Gasteiger partial charge in [-0.3, -0.25) is 4.79 Å². The molecule has 1 heterocycles. The Hall–Kier alpha value is -1.90. The van der Waals surface area contributed by atoms with Crippen molar-refractivity contribution in [1.29, 1.82) is 0 Å². The third-order valence-electron chi connectivity index (χ3n) is 6.83. The monoisotopic (exact) mass is 470 g/mol. The average Bonchev–Trinajstić information content (AvgIpc) is 3.20. The van der Waals surface area contributed by atoms with Gasteiger partial charge < -0.3 is 9.84 Å². The van der Waals surface area contributed by atoms with Gasteiger partial charge in [-0.05, 0) is 88.8 Å². The van der Waals surface area contributed by atoms with Crippen LogP contribution in [0.4, 0.5) is 0 Å². The van der Waals surface area contributed by atoms with Gasteiger partial charge in [-0.1, -0.05) is 31.6 Å². The summed E-state index contributed by atoms with van der Waals surface area (Å²) in [6.45, 7) is 8.41. The van der Waals surface area contributed by atoms with Crippen molar-refractivity contribution in [1.82, 2.24) is 0 Å². The summed E-state index contributed by atoms with van der Waals surface area (Å²) < 4.78 is 5.09. The van der Waals surface area contributed by atoms with Gasteiger partial charge in [0.15, 0.2) is 5.78 Å². The second-order valence-corrected chi connectivity index (χ2v) is 11.9. The Labute approximate surface area is 202 Å². The molecular weight excluding hydrogens is 432 g/mol. The van der Waals surface area contributed by atoms with Crippen molar-refractivity contribution < 1.29 is 19.4 Å².